The highest BCUT2D eigenvalue weighted by Gasteiger charge is 2.06. The number of aliphatic hydroxyl groups is 1. The van der Waals surface area contributed by atoms with Crippen molar-refractivity contribution in [1.29, 1.82) is 0 Å². The van der Waals surface area contributed by atoms with Crippen molar-refractivity contribution in [3.63, 3.8) is 0 Å². The zero-order valence-electron chi connectivity index (χ0n) is 8.28. The van der Waals surface area contributed by atoms with Crippen LogP contribution in [-0.2, 0) is 0 Å². The molecule has 0 spiro atoms. The lowest BCUT2D eigenvalue weighted by Crippen LogP contribution is -2.11. The molecule has 0 bridgehead atoms. The molecule has 1 aromatic carbocycles. The Morgan fingerprint density at radius 1 is 1.15 bits per heavy atom. The summed E-state index contributed by atoms with van der Waals surface area (Å²) in [6.07, 6.45) is 0. The van der Waals surface area contributed by atoms with Crippen LogP contribution in [0, 0.1) is 0 Å². The van der Waals surface area contributed by atoms with Crippen molar-refractivity contribution in [3.05, 3.63) is 41.7 Å². The Labute approximate surface area is 79.1 Å². The van der Waals surface area contributed by atoms with Crippen molar-refractivity contribution in [3.8, 4) is 0 Å². The SMILES string of the molecule is CC(O)=C(c1ccccc1)N(C)C. The highest BCUT2D eigenvalue weighted by atomic mass is 16.3. The lowest BCUT2D eigenvalue weighted by molar-refractivity contribution is 0.401. The topological polar surface area (TPSA) is 23.5 Å². The first-order valence-electron chi connectivity index (χ1n) is 4.25. The number of allylic oxidation sites excluding steroid dienone is 1. The summed E-state index contributed by atoms with van der Waals surface area (Å²) in [5.74, 6) is 0.344. The van der Waals surface area contributed by atoms with Gasteiger partial charge in [0.25, 0.3) is 0 Å². The van der Waals surface area contributed by atoms with E-state index in [1.807, 2.05) is 49.3 Å². The molecule has 0 radical (unpaired) electrons. The molecule has 70 valence electrons. The molecular formula is C11H15NO. The van der Waals surface area contributed by atoms with Crippen molar-refractivity contribution >= 4 is 5.70 Å². The summed E-state index contributed by atoms with van der Waals surface area (Å²) in [4.78, 5) is 1.91. The molecule has 0 aliphatic carbocycles. The summed E-state index contributed by atoms with van der Waals surface area (Å²) in [6, 6.07) is 9.84. The molecule has 0 atom stereocenters. The van der Waals surface area contributed by atoms with E-state index < -0.39 is 0 Å². The minimum absolute atomic E-state index is 0.344. The zero-order chi connectivity index (χ0) is 9.84. The summed E-state index contributed by atoms with van der Waals surface area (Å²) in [5, 5.41) is 9.47. The number of nitrogens with zero attached hydrogens (tertiary/aromatic N) is 1. The zero-order valence-corrected chi connectivity index (χ0v) is 8.28. The Morgan fingerprint density at radius 3 is 2.08 bits per heavy atom. The van der Waals surface area contributed by atoms with Gasteiger partial charge in [-0.05, 0) is 6.92 Å². The van der Waals surface area contributed by atoms with Crippen LogP contribution in [0.2, 0.25) is 0 Å². The van der Waals surface area contributed by atoms with E-state index in [1.54, 1.807) is 6.92 Å². The van der Waals surface area contributed by atoms with E-state index in [0.29, 0.717) is 5.76 Å². The van der Waals surface area contributed by atoms with E-state index in [-0.39, 0.29) is 0 Å². The maximum Gasteiger partial charge on any atom is 0.113 e. The minimum atomic E-state index is 0.344. The van der Waals surface area contributed by atoms with Crippen LogP contribution in [0.4, 0.5) is 0 Å². The van der Waals surface area contributed by atoms with Gasteiger partial charge in [0.2, 0.25) is 0 Å². The Balaban J connectivity index is 3.12. The third-order valence-electron chi connectivity index (χ3n) is 1.84. The summed E-state index contributed by atoms with van der Waals surface area (Å²) < 4.78 is 0. The second-order valence-corrected chi connectivity index (χ2v) is 3.19. The molecule has 0 aliphatic heterocycles. The van der Waals surface area contributed by atoms with Crippen LogP contribution in [-0.4, -0.2) is 24.1 Å². The molecule has 0 aromatic heterocycles. The molecule has 0 saturated carbocycles. The molecule has 0 amide bonds. The van der Waals surface area contributed by atoms with Crippen LogP contribution in [0.1, 0.15) is 12.5 Å². The first-order chi connectivity index (χ1) is 6.13. The van der Waals surface area contributed by atoms with E-state index in [0.717, 1.165) is 11.3 Å². The van der Waals surface area contributed by atoms with Crippen molar-refractivity contribution in [2.75, 3.05) is 14.1 Å². The second-order valence-electron chi connectivity index (χ2n) is 3.19. The van der Waals surface area contributed by atoms with E-state index in [1.165, 1.54) is 0 Å². The lowest BCUT2D eigenvalue weighted by atomic mass is 10.1. The summed E-state index contributed by atoms with van der Waals surface area (Å²) in [7, 11) is 3.84. The summed E-state index contributed by atoms with van der Waals surface area (Å²) in [6.45, 7) is 1.70. The summed E-state index contributed by atoms with van der Waals surface area (Å²) in [5.41, 5.74) is 1.90. The molecule has 2 heteroatoms. The fourth-order valence-corrected chi connectivity index (χ4v) is 1.39. The van der Waals surface area contributed by atoms with Crippen molar-refractivity contribution < 1.29 is 5.11 Å². The third-order valence-corrected chi connectivity index (χ3v) is 1.84. The van der Waals surface area contributed by atoms with Gasteiger partial charge in [-0.2, -0.15) is 0 Å². The number of hydrogen-bond acceptors (Lipinski definition) is 2. The Kier molecular flexibility index (Phi) is 2.96. The smallest absolute Gasteiger partial charge is 0.113 e. The van der Waals surface area contributed by atoms with Crippen LogP contribution in [0.15, 0.2) is 36.1 Å². The van der Waals surface area contributed by atoms with Gasteiger partial charge in [-0.3, -0.25) is 0 Å². The van der Waals surface area contributed by atoms with Gasteiger partial charge in [0, 0.05) is 19.7 Å². The van der Waals surface area contributed by atoms with E-state index in [4.69, 9.17) is 0 Å². The second kappa shape index (κ2) is 3.99. The van der Waals surface area contributed by atoms with Gasteiger partial charge in [-0.1, -0.05) is 30.3 Å². The molecule has 0 aliphatic rings. The Hall–Kier alpha value is -1.44. The predicted molar refractivity (Wildman–Crippen MR) is 55.4 cm³/mol. The minimum Gasteiger partial charge on any atom is -0.510 e. The third kappa shape index (κ3) is 2.25. The fraction of sp³-hybridized carbons (Fsp3) is 0.273. The van der Waals surface area contributed by atoms with Crippen LogP contribution in [0.25, 0.3) is 5.70 Å². The van der Waals surface area contributed by atoms with Gasteiger partial charge in [0.1, 0.15) is 5.76 Å². The summed E-state index contributed by atoms with van der Waals surface area (Å²) >= 11 is 0. The van der Waals surface area contributed by atoms with Gasteiger partial charge in [0.05, 0.1) is 5.70 Å². The molecule has 1 N–H and O–H groups in total. The molecule has 0 heterocycles. The van der Waals surface area contributed by atoms with E-state index in [9.17, 15) is 5.11 Å². The number of rotatable bonds is 2. The van der Waals surface area contributed by atoms with Gasteiger partial charge in [-0.25, -0.2) is 0 Å². The highest BCUT2D eigenvalue weighted by molar-refractivity contribution is 5.64. The van der Waals surface area contributed by atoms with Crippen molar-refractivity contribution in [2.24, 2.45) is 0 Å². The first-order valence-corrected chi connectivity index (χ1v) is 4.25. The van der Waals surface area contributed by atoms with Crippen molar-refractivity contribution in [2.45, 2.75) is 6.92 Å². The monoisotopic (exact) mass is 177 g/mol. The molecule has 1 aromatic rings. The maximum atomic E-state index is 9.47. The molecule has 0 fully saturated rings. The average Bonchev–Trinajstić information content (AvgIpc) is 2.04. The molecular weight excluding hydrogens is 162 g/mol. The molecule has 13 heavy (non-hydrogen) atoms. The van der Waals surface area contributed by atoms with Crippen LogP contribution >= 0.6 is 0 Å². The predicted octanol–water partition coefficient (Wildman–Crippen LogP) is 2.49. The quantitative estimate of drug-likeness (QED) is 0.701. The van der Waals surface area contributed by atoms with Gasteiger partial charge >= 0.3 is 0 Å². The number of aliphatic hydroxyl groups excluding tert-OH is 1. The Bertz CT molecular complexity index is 297. The fourth-order valence-electron chi connectivity index (χ4n) is 1.39. The van der Waals surface area contributed by atoms with Crippen LogP contribution in [0.5, 0.6) is 0 Å². The molecule has 2 nitrogen and oxygen atoms in total. The number of benzene rings is 1. The highest BCUT2D eigenvalue weighted by Crippen LogP contribution is 2.18. The van der Waals surface area contributed by atoms with E-state index >= 15 is 0 Å². The van der Waals surface area contributed by atoms with Gasteiger partial charge < -0.3 is 10.0 Å². The van der Waals surface area contributed by atoms with Crippen LogP contribution < -0.4 is 0 Å². The molecule has 1 rings (SSSR count). The largest absolute Gasteiger partial charge is 0.510 e. The van der Waals surface area contributed by atoms with Gasteiger partial charge in [-0.15, -0.1) is 0 Å². The first kappa shape index (κ1) is 9.65. The maximum absolute atomic E-state index is 9.47. The van der Waals surface area contributed by atoms with Gasteiger partial charge in [0.15, 0.2) is 0 Å². The lowest BCUT2D eigenvalue weighted by Gasteiger charge is -2.18. The number of hydrogen-bond donors (Lipinski definition) is 1. The van der Waals surface area contributed by atoms with Crippen LogP contribution in [0.3, 0.4) is 0 Å². The van der Waals surface area contributed by atoms with E-state index in [2.05, 4.69) is 0 Å². The standard InChI is InChI=1S/C11H15NO/c1-9(13)11(12(2)3)10-7-5-4-6-8-10/h4-8,13H,1-3H3. The molecule has 0 unspecified atom stereocenters. The van der Waals surface area contributed by atoms with Crippen molar-refractivity contribution in [1.82, 2.24) is 4.90 Å². The Morgan fingerprint density at radius 2 is 1.69 bits per heavy atom. The average molecular weight is 177 g/mol. The normalized spacial score (nSPS) is 12.2. The molecule has 0 saturated heterocycles.